The highest BCUT2D eigenvalue weighted by atomic mass is 35.5. The number of ether oxygens (including phenoxy) is 1. The van der Waals surface area contributed by atoms with E-state index in [1.807, 2.05) is 24.3 Å². The topological polar surface area (TPSA) is 26.3 Å². The second-order valence-corrected chi connectivity index (χ2v) is 7.79. The number of hydrogen-bond donors (Lipinski definition) is 0. The Kier molecular flexibility index (Phi) is 5.33. The number of carbonyl (C=O) groups is 1. The van der Waals surface area contributed by atoms with Crippen LogP contribution in [0.15, 0.2) is 35.6 Å². The van der Waals surface area contributed by atoms with Crippen LogP contribution in [0.4, 0.5) is 0 Å². The third-order valence-corrected chi connectivity index (χ3v) is 4.09. The fourth-order valence-electron chi connectivity index (χ4n) is 2.71. The molecule has 0 heterocycles. The summed E-state index contributed by atoms with van der Waals surface area (Å²) in [5.41, 5.74) is 1.91. The monoisotopic (exact) mass is 320 g/mol. The van der Waals surface area contributed by atoms with E-state index in [0.29, 0.717) is 30.4 Å². The van der Waals surface area contributed by atoms with Gasteiger partial charge in [-0.1, -0.05) is 51.4 Å². The number of allylic oxidation sites excluding steroid dienone is 2. The van der Waals surface area contributed by atoms with Gasteiger partial charge in [0.2, 0.25) is 0 Å². The smallest absolute Gasteiger partial charge is 0.163 e. The quantitative estimate of drug-likeness (QED) is 0.745. The molecule has 0 N–H and O–H groups in total. The lowest BCUT2D eigenvalue weighted by Gasteiger charge is -2.32. The highest BCUT2D eigenvalue weighted by Crippen LogP contribution is 2.38. The predicted molar refractivity (Wildman–Crippen MR) is 91.0 cm³/mol. The summed E-state index contributed by atoms with van der Waals surface area (Å²) >= 11 is 5.93. The Morgan fingerprint density at radius 1 is 1.18 bits per heavy atom. The van der Waals surface area contributed by atoms with Gasteiger partial charge in [0.25, 0.3) is 0 Å². The van der Waals surface area contributed by atoms with E-state index in [9.17, 15) is 4.79 Å². The van der Waals surface area contributed by atoms with E-state index in [2.05, 4.69) is 27.7 Å². The molecule has 0 aliphatic heterocycles. The predicted octanol–water partition coefficient (Wildman–Crippen LogP) is 5.20. The maximum absolute atomic E-state index is 12.6. The molecule has 120 valence electrons. The van der Waals surface area contributed by atoms with Gasteiger partial charge in [-0.3, -0.25) is 4.79 Å². The van der Waals surface area contributed by atoms with Crippen LogP contribution in [0.5, 0.6) is 0 Å². The summed E-state index contributed by atoms with van der Waals surface area (Å²) in [6.45, 7) is 9.15. The molecule has 1 aliphatic carbocycles. The van der Waals surface area contributed by atoms with Crippen molar-refractivity contribution in [1.82, 2.24) is 0 Å². The molecule has 0 aromatic heterocycles. The van der Waals surface area contributed by atoms with Gasteiger partial charge in [-0.25, -0.2) is 0 Å². The molecule has 1 aromatic rings. The highest BCUT2D eigenvalue weighted by Gasteiger charge is 2.33. The molecule has 0 fully saturated rings. The number of carbonyl (C=O) groups excluding carboxylic acids is 1. The van der Waals surface area contributed by atoms with Crippen LogP contribution in [-0.4, -0.2) is 12.4 Å². The molecule has 1 aliphatic rings. The van der Waals surface area contributed by atoms with E-state index < -0.39 is 0 Å². The normalized spacial score (nSPS) is 18.0. The molecule has 0 amide bonds. The van der Waals surface area contributed by atoms with Crippen molar-refractivity contribution in [2.24, 2.45) is 11.3 Å². The fourth-order valence-corrected chi connectivity index (χ4v) is 2.84. The Hall–Kier alpha value is -1.28. The summed E-state index contributed by atoms with van der Waals surface area (Å²) in [4.78, 5) is 12.6. The van der Waals surface area contributed by atoms with Crippen molar-refractivity contribution in [2.75, 3.05) is 6.61 Å². The van der Waals surface area contributed by atoms with Gasteiger partial charge < -0.3 is 4.74 Å². The van der Waals surface area contributed by atoms with E-state index >= 15 is 0 Å². The second kappa shape index (κ2) is 6.87. The van der Waals surface area contributed by atoms with Crippen LogP contribution >= 0.6 is 11.6 Å². The van der Waals surface area contributed by atoms with Gasteiger partial charge in [0.1, 0.15) is 5.76 Å². The molecule has 2 nitrogen and oxygen atoms in total. The van der Waals surface area contributed by atoms with Crippen LogP contribution < -0.4 is 0 Å². The van der Waals surface area contributed by atoms with E-state index in [1.54, 1.807) is 0 Å². The Morgan fingerprint density at radius 3 is 2.41 bits per heavy atom. The summed E-state index contributed by atoms with van der Waals surface area (Å²) in [5.74, 6) is 1.54. The van der Waals surface area contributed by atoms with Crippen LogP contribution in [-0.2, 0) is 16.0 Å². The minimum Gasteiger partial charge on any atom is -0.497 e. The highest BCUT2D eigenvalue weighted by molar-refractivity contribution is 6.30. The van der Waals surface area contributed by atoms with Crippen molar-refractivity contribution in [3.63, 3.8) is 0 Å². The van der Waals surface area contributed by atoms with Gasteiger partial charge in [-0.05, 0) is 29.0 Å². The average molecular weight is 321 g/mol. The van der Waals surface area contributed by atoms with Gasteiger partial charge in [0.05, 0.1) is 6.61 Å². The molecular weight excluding hydrogens is 296 g/mol. The molecule has 22 heavy (non-hydrogen) atoms. The zero-order valence-corrected chi connectivity index (χ0v) is 14.7. The average Bonchev–Trinajstić information content (AvgIpc) is 2.41. The Balaban J connectivity index is 2.27. The molecule has 0 saturated carbocycles. The van der Waals surface area contributed by atoms with Crippen LogP contribution in [0.3, 0.4) is 0 Å². The molecule has 0 unspecified atom stereocenters. The zero-order chi connectivity index (χ0) is 16.3. The number of benzene rings is 1. The minimum atomic E-state index is -0.0209. The molecule has 1 aromatic carbocycles. The van der Waals surface area contributed by atoms with E-state index in [4.69, 9.17) is 16.3 Å². The largest absolute Gasteiger partial charge is 0.497 e. The van der Waals surface area contributed by atoms with Crippen molar-refractivity contribution in [1.29, 1.82) is 0 Å². The molecule has 0 spiro atoms. The van der Waals surface area contributed by atoms with Gasteiger partial charge in [-0.15, -0.1) is 0 Å². The second-order valence-electron chi connectivity index (χ2n) is 7.35. The van der Waals surface area contributed by atoms with Gasteiger partial charge >= 0.3 is 0 Å². The summed E-state index contributed by atoms with van der Waals surface area (Å²) in [6.07, 6.45) is 2.04. The summed E-state index contributed by atoms with van der Waals surface area (Å²) < 4.78 is 5.99. The summed E-state index contributed by atoms with van der Waals surface area (Å²) in [6, 6.07) is 7.68. The first-order valence-electron chi connectivity index (χ1n) is 7.89. The van der Waals surface area contributed by atoms with Crippen molar-refractivity contribution in [3.05, 3.63) is 46.2 Å². The van der Waals surface area contributed by atoms with Gasteiger partial charge in [0.15, 0.2) is 5.78 Å². The molecule has 0 atom stereocenters. The maximum Gasteiger partial charge on any atom is 0.163 e. The minimum absolute atomic E-state index is 0.0209. The van der Waals surface area contributed by atoms with E-state index in [0.717, 1.165) is 23.3 Å². The molecule has 0 saturated heterocycles. The number of Topliss-reactive ketones (excluding diaryl/α,β-unsaturated/α-hetero) is 1. The van der Waals surface area contributed by atoms with Crippen molar-refractivity contribution < 1.29 is 9.53 Å². The van der Waals surface area contributed by atoms with Gasteiger partial charge in [-0.2, -0.15) is 0 Å². The lowest BCUT2D eigenvalue weighted by molar-refractivity contribution is -0.118. The molecule has 0 bridgehead atoms. The third-order valence-electron chi connectivity index (χ3n) is 3.84. The number of halogens is 1. The van der Waals surface area contributed by atoms with Crippen LogP contribution in [0, 0.1) is 11.3 Å². The lowest BCUT2D eigenvalue weighted by Crippen LogP contribution is -2.28. The zero-order valence-electron chi connectivity index (χ0n) is 13.9. The van der Waals surface area contributed by atoms with Gasteiger partial charge in [0, 0.05) is 29.9 Å². The number of rotatable bonds is 5. The number of hydrogen-bond acceptors (Lipinski definition) is 2. The SMILES string of the molecule is CC(C)COC1=C(Cc2ccc(Cl)cc2)C(=O)CC(C)(C)C1. The molecular formula is C19H25ClO2. The standard InChI is InChI=1S/C19H25ClO2/c1-13(2)12-22-18-11-19(3,4)10-17(21)16(18)9-14-5-7-15(20)8-6-14/h5-8,13H,9-12H2,1-4H3. The Labute approximate surface area is 138 Å². The third kappa shape index (κ3) is 4.61. The molecule has 0 radical (unpaired) electrons. The van der Waals surface area contributed by atoms with Crippen molar-refractivity contribution in [2.45, 2.75) is 47.0 Å². The Morgan fingerprint density at radius 2 is 1.82 bits per heavy atom. The van der Waals surface area contributed by atoms with Crippen LogP contribution in [0.2, 0.25) is 5.02 Å². The first-order chi connectivity index (χ1) is 10.3. The first-order valence-corrected chi connectivity index (χ1v) is 8.27. The van der Waals surface area contributed by atoms with Crippen LogP contribution in [0.1, 0.15) is 46.1 Å². The number of ketones is 1. The summed E-state index contributed by atoms with van der Waals surface area (Å²) in [5, 5.41) is 0.713. The molecule has 2 rings (SSSR count). The lowest BCUT2D eigenvalue weighted by atomic mass is 9.75. The fraction of sp³-hybridized carbons (Fsp3) is 0.526. The van der Waals surface area contributed by atoms with E-state index in [-0.39, 0.29) is 11.2 Å². The summed E-state index contributed by atoms with van der Waals surface area (Å²) in [7, 11) is 0. The molecule has 3 heteroatoms. The van der Waals surface area contributed by atoms with Crippen LogP contribution in [0.25, 0.3) is 0 Å². The van der Waals surface area contributed by atoms with Crippen molar-refractivity contribution >= 4 is 17.4 Å². The van der Waals surface area contributed by atoms with E-state index in [1.165, 1.54) is 0 Å². The van der Waals surface area contributed by atoms with Crippen molar-refractivity contribution in [3.8, 4) is 0 Å². The Bertz CT molecular complexity index is 568. The first kappa shape index (κ1) is 17.1. The maximum atomic E-state index is 12.6.